The van der Waals surface area contributed by atoms with Crippen molar-refractivity contribution in [1.82, 2.24) is 4.90 Å². The summed E-state index contributed by atoms with van der Waals surface area (Å²) >= 11 is 6.03. The Balaban J connectivity index is 2.10. The van der Waals surface area contributed by atoms with E-state index in [1.807, 2.05) is 19.9 Å². The number of rotatable bonds is 1. The minimum atomic E-state index is -0.637. The van der Waals surface area contributed by atoms with Crippen LogP contribution in [0.2, 0.25) is 5.02 Å². The Bertz CT molecular complexity index is 461. The van der Waals surface area contributed by atoms with Crippen LogP contribution in [0.1, 0.15) is 35.7 Å². The lowest BCUT2D eigenvalue weighted by molar-refractivity contribution is -0.00202. The second-order valence-corrected chi connectivity index (χ2v) is 5.66. The van der Waals surface area contributed by atoms with E-state index in [1.165, 1.54) is 0 Å². The smallest absolute Gasteiger partial charge is 0.253 e. The van der Waals surface area contributed by atoms with E-state index in [-0.39, 0.29) is 5.91 Å². The molecular formula is C14H18ClNO2. The minimum absolute atomic E-state index is 0.00704. The summed E-state index contributed by atoms with van der Waals surface area (Å²) in [4.78, 5) is 14.0. The zero-order valence-electron chi connectivity index (χ0n) is 10.7. The van der Waals surface area contributed by atoms with Crippen molar-refractivity contribution in [3.63, 3.8) is 0 Å². The van der Waals surface area contributed by atoms with Crippen molar-refractivity contribution < 1.29 is 9.90 Å². The molecule has 2 rings (SSSR count). The minimum Gasteiger partial charge on any atom is -0.390 e. The van der Waals surface area contributed by atoms with Crippen molar-refractivity contribution in [2.45, 2.75) is 32.3 Å². The summed E-state index contributed by atoms with van der Waals surface area (Å²) in [6, 6.07) is 5.37. The summed E-state index contributed by atoms with van der Waals surface area (Å²) < 4.78 is 0. The third kappa shape index (κ3) is 2.85. The van der Waals surface area contributed by atoms with Gasteiger partial charge < -0.3 is 10.0 Å². The standard InChI is InChI=1S/C14H18ClNO2/c1-10-3-4-11(9-12(10)15)13(17)16-7-5-14(2,18)6-8-16/h3-4,9,18H,5-8H2,1-2H3. The van der Waals surface area contributed by atoms with Gasteiger partial charge in [0.25, 0.3) is 5.91 Å². The van der Waals surface area contributed by atoms with Crippen molar-refractivity contribution in [3.8, 4) is 0 Å². The molecule has 1 heterocycles. The molecule has 1 aromatic carbocycles. The van der Waals surface area contributed by atoms with E-state index in [9.17, 15) is 9.90 Å². The molecule has 0 aliphatic carbocycles. The first kappa shape index (κ1) is 13.4. The summed E-state index contributed by atoms with van der Waals surface area (Å²) in [7, 11) is 0. The maximum absolute atomic E-state index is 12.3. The third-order valence-corrected chi connectivity index (χ3v) is 3.95. The largest absolute Gasteiger partial charge is 0.390 e. The molecular weight excluding hydrogens is 250 g/mol. The summed E-state index contributed by atoms with van der Waals surface area (Å²) in [5, 5.41) is 10.5. The molecule has 1 saturated heterocycles. The Hall–Kier alpha value is -1.06. The number of amides is 1. The summed E-state index contributed by atoms with van der Waals surface area (Å²) in [6.45, 7) is 4.92. The number of nitrogens with zero attached hydrogens (tertiary/aromatic N) is 1. The molecule has 0 aromatic heterocycles. The molecule has 1 aliphatic rings. The Morgan fingerprint density at radius 3 is 2.56 bits per heavy atom. The van der Waals surface area contributed by atoms with Crippen LogP contribution in [0.3, 0.4) is 0 Å². The van der Waals surface area contributed by atoms with Crippen LogP contribution in [0.25, 0.3) is 0 Å². The highest BCUT2D eigenvalue weighted by Gasteiger charge is 2.29. The van der Waals surface area contributed by atoms with Crippen LogP contribution in [0.15, 0.2) is 18.2 Å². The Morgan fingerprint density at radius 1 is 1.39 bits per heavy atom. The Morgan fingerprint density at radius 2 is 2.00 bits per heavy atom. The lowest BCUT2D eigenvalue weighted by atomic mass is 9.93. The zero-order valence-corrected chi connectivity index (χ0v) is 11.5. The monoisotopic (exact) mass is 267 g/mol. The first-order valence-corrected chi connectivity index (χ1v) is 6.55. The lowest BCUT2D eigenvalue weighted by Gasteiger charge is -2.35. The van der Waals surface area contributed by atoms with Crippen LogP contribution < -0.4 is 0 Å². The molecule has 1 fully saturated rings. The number of hydrogen-bond donors (Lipinski definition) is 1. The van der Waals surface area contributed by atoms with Crippen LogP contribution in [0.4, 0.5) is 0 Å². The number of carbonyl (C=O) groups excluding carboxylic acids is 1. The van der Waals surface area contributed by atoms with E-state index in [1.54, 1.807) is 17.0 Å². The first-order valence-electron chi connectivity index (χ1n) is 6.17. The van der Waals surface area contributed by atoms with Gasteiger partial charge in [0.15, 0.2) is 0 Å². The van der Waals surface area contributed by atoms with Crippen LogP contribution in [-0.2, 0) is 0 Å². The average Bonchev–Trinajstić information content (AvgIpc) is 2.32. The molecule has 0 radical (unpaired) electrons. The van der Waals surface area contributed by atoms with Gasteiger partial charge in [-0.25, -0.2) is 0 Å². The molecule has 3 nitrogen and oxygen atoms in total. The van der Waals surface area contributed by atoms with E-state index in [2.05, 4.69) is 0 Å². The molecule has 1 aromatic rings. The summed E-state index contributed by atoms with van der Waals surface area (Å²) in [5.41, 5.74) is 0.948. The average molecular weight is 268 g/mol. The van der Waals surface area contributed by atoms with Gasteiger partial charge in [0, 0.05) is 23.7 Å². The maximum atomic E-state index is 12.3. The van der Waals surface area contributed by atoms with Crippen LogP contribution >= 0.6 is 11.6 Å². The lowest BCUT2D eigenvalue weighted by Crippen LogP contribution is -2.45. The van der Waals surface area contributed by atoms with E-state index in [0.29, 0.717) is 36.5 Å². The summed E-state index contributed by atoms with van der Waals surface area (Å²) in [5.74, 6) is -0.00704. The van der Waals surface area contributed by atoms with Gasteiger partial charge in [-0.1, -0.05) is 17.7 Å². The van der Waals surface area contributed by atoms with Crippen molar-refractivity contribution in [1.29, 1.82) is 0 Å². The van der Waals surface area contributed by atoms with Crippen molar-refractivity contribution in [3.05, 3.63) is 34.3 Å². The van der Waals surface area contributed by atoms with Crippen molar-refractivity contribution >= 4 is 17.5 Å². The van der Waals surface area contributed by atoms with Gasteiger partial charge in [0.1, 0.15) is 0 Å². The molecule has 0 atom stereocenters. The van der Waals surface area contributed by atoms with Gasteiger partial charge in [-0.3, -0.25) is 4.79 Å². The molecule has 0 spiro atoms. The third-order valence-electron chi connectivity index (χ3n) is 3.55. The molecule has 4 heteroatoms. The molecule has 1 aliphatic heterocycles. The van der Waals surface area contributed by atoms with Gasteiger partial charge in [0.05, 0.1) is 5.60 Å². The van der Waals surface area contributed by atoms with Gasteiger partial charge in [-0.2, -0.15) is 0 Å². The first-order chi connectivity index (χ1) is 8.39. The van der Waals surface area contributed by atoms with E-state index < -0.39 is 5.60 Å². The molecule has 18 heavy (non-hydrogen) atoms. The predicted octanol–water partition coefficient (Wildman–Crippen LogP) is 2.64. The molecule has 1 amide bonds. The molecule has 0 saturated carbocycles. The fraction of sp³-hybridized carbons (Fsp3) is 0.500. The zero-order chi connectivity index (χ0) is 13.3. The van der Waals surface area contributed by atoms with Crippen LogP contribution in [0, 0.1) is 6.92 Å². The number of hydrogen-bond acceptors (Lipinski definition) is 2. The predicted molar refractivity (Wildman–Crippen MR) is 72.0 cm³/mol. The van der Waals surface area contributed by atoms with Gasteiger partial charge in [-0.15, -0.1) is 0 Å². The van der Waals surface area contributed by atoms with Gasteiger partial charge in [0.2, 0.25) is 0 Å². The number of carbonyl (C=O) groups is 1. The number of likely N-dealkylation sites (tertiary alicyclic amines) is 1. The van der Waals surface area contributed by atoms with Crippen molar-refractivity contribution in [2.24, 2.45) is 0 Å². The number of benzene rings is 1. The fourth-order valence-corrected chi connectivity index (χ4v) is 2.28. The molecule has 1 N–H and O–H groups in total. The van der Waals surface area contributed by atoms with Crippen LogP contribution in [0.5, 0.6) is 0 Å². The quantitative estimate of drug-likeness (QED) is 0.850. The second-order valence-electron chi connectivity index (χ2n) is 5.25. The van der Waals surface area contributed by atoms with Gasteiger partial charge in [-0.05, 0) is 44.4 Å². The Kier molecular flexibility index (Phi) is 3.64. The molecule has 98 valence electrons. The second kappa shape index (κ2) is 4.90. The highest BCUT2D eigenvalue weighted by atomic mass is 35.5. The van der Waals surface area contributed by atoms with Crippen LogP contribution in [-0.4, -0.2) is 34.6 Å². The van der Waals surface area contributed by atoms with E-state index in [4.69, 9.17) is 11.6 Å². The topological polar surface area (TPSA) is 40.5 Å². The number of piperidine rings is 1. The number of halogens is 1. The molecule has 0 unspecified atom stereocenters. The van der Waals surface area contributed by atoms with E-state index >= 15 is 0 Å². The van der Waals surface area contributed by atoms with Crippen molar-refractivity contribution in [2.75, 3.05) is 13.1 Å². The van der Waals surface area contributed by atoms with Gasteiger partial charge >= 0.3 is 0 Å². The highest BCUT2D eigenvalue weighted by Crippen LogP contribution is 2.23. The fourth-order valence-electron chi connectivity index (χ4n) is 2.10. The normalized spacial score (nSPS) is 18.8. The number of aryl methyl sites for hydroxylation is 1. The molecule has 0 bridgehead atoms. The Labute approximate surface area is 112 Å². The van der Waals surface area contributed by atoms with E-state index in [0.717, 1.165) is 5.56 Å². The SMILES string of the molecule is Cc1ccc(C(=O)N2CCC(C)(O)CC2)cc1Cl. The number of aliphatic hydroxyl groups is 1. The highest BCUT2D eigenvalue weighted by molar-refractivity contribution is 6.31. The maximum Gasteiger partial charge on any atom is 0.253 e. The summed E-state index contributed by atoms with van der Waals surface area (Å²) in [6.07, 6.45) is 1.25.